The van der Waals surface area contributed by atoms with Gasteiger partial charge in [-0.1, -0.05) is 159 Å². The van der Waals surface area contributed by atoms with Crippen molar-refractivity contribution in [1.29, 1.82) is 0 Å². The molecule has 1 fully saturated rings. The standard InChI is InChI=1S/C28H58.C4H8/c1-11-16-20-21-25(6,7)27(9,23-18-13-3)28(10,24-19-14-4)26(8,15-5)22-17-12-2;1-2-4-3-1/h11-24H2,1-10H3;1-4H2. The Hall–Kier alpha value is 0. The van der Waals surface area contributed by atoms with Gasteiger partial charge in [0.1, 0.15) is 0 Å². The van der Waals surface area contributed by atoms with Crippen LogP contribution in [0.4, 0.5) is 0 Å². The first kappa shape index (κ1) is 32.0. The van der Waals surface area contributed by atoms with Crippen LogP contribution in [0.1, 0.15) is 185 Å². The predicted octanol–water partition coefficient (Wildman–Crippen LogP) is 12.2. The van der Waals surface area contributed by atoms with Crippen LogP contribution in [0.2, 0.25) is 0 Å². The molecular formula is C32H66. The van der Waals surface area contributed by atoms with Crippen molar-refractivity contribution < 1.29 is 0 Å². The van der Waals surface area contributed by atoms with Crippen molar-refractivity contribution in [2.45, 2.75) is 185 Å². The summed E-state index contributed by atoms with van der Waals surface area (Å²) in [5, 5.41) is 0. The summed E-state index contributed by atoms with van der Waals surface area (Å²) in [6.07, 6.45) is 25.1. The highest BCUT2D eigenvalue weighted by Crippen LogP contribution is 2.67. The molecule has 0 radical (unpaired) electrons. The molecule has 0 aromatic rings. The molecule has 1 aliphatic rings. The molecule has 0 aliphatic heterocycles. The van der Waals surface area contributed by atoms with E-state index in [1.54, 1.807) is 0 Å². The zero-order valence-electron chi connectivity index (χ0n) is 24.7. The Morgan fingerprint density at radius 2 is 0.844 bits per heavy atom. The van der Waals surface area contributed by atoms with Gasteiger partial charge in [-0.15, -0.1) is 0 Å². The van der Waals surface area contributed by atoms with Gasteiger partial charge in [0.15, 0.2) is 0 Å². The highest BCUT2D eigenvalue weighted by molar-refractivity contribution is 5.07. The van der Waals surface area contributed by atoms with Gasteiger partial charge in [-0.3, -0.25) is 0 Å². The maximum absolute atomic E-state index is 2.72. The first-order valence-electron chi connectivity index (χ1n) is 15.1. The largest absolute Gasteiger partial charge is 0.0654 e. The lowest BCUT2D eigenvalue weighted by Crippen LogP contribution is -2.56. The lowest BCUT2D eigenvalue weighted by atomic mass is 9.41. The van der Waals surface area contributed by atoms with E-state index in [9.17, 15) is 0 Å². The van der Waals surface area contributed by atoms with Crippen molar-refractivity contribution in [3.63, 3.8) is 0 Å². The molecular weight excluding hydrogens is 384 g/mol. The van der Waals surface area contributed by atoms with E-state index in [2.05, 4.69) is 69.2 Å². The minimum Gasteiger partial charge on any atom is -0.0654 e. The van der Waals surface area contributed by atoms with Crippen LogP contribution in [0.3, 0.4) is 0 Å². The molecule has 194 valence electrons. The minimum atomic E-state index is 0.386. The summed E-state index contributed by atoms with van der Waals surface area (Å²) in [7, 11) is 0. The summed E-state index contributed by atoms with van der Waals surface area (Å²) in [4.78, 5) is 0. The Labute approximate surface area is 206 Å². The van der Waals surface area contributed by atoms with Crippen molar-refractivity contribution in [3.8, 4) is 0 Å². The molecule has 0 spiro atoms. The molecule has 1 saturated carbocycles. The Kier molecular flexibility index (Phi) is 15.8. The summed E-state index contributed by atoms with van der Waals surface area (Å²) in [5.74, 6) is 0. The number of hydrogen-bond acceptors (Lipinski definition) is 0. The van der Waals surface area contributed by atoms with Gasteiger partial charge < -0.3 is 0 Å². The van der Waals surface area contributed by atoms with Gasteiger partial charge >= 0.3 is 0 Å². The summed E-state index contributed by atoms with van der Waals surface area (Å²) in [5.41, 5.74) is 1.60. The summed E-state index contributed by atoms with van der Waals surface area (Å²) in [6, 6.07) is 0. The third kappa shape index (κ3) is 8.34. The van der Waals surface area contributed by atoms with Crippen LogP contribution >= 0.6 is 0 Å². The number of rotatable bonds is 17. The highest BCUT2D eigenvalue weighted by atomic mass is 14.6. The van der Waals surface area contributed by atoms with E-state index >= 15 is 0 Å². The Morgan fingerprint density at radius 3 is 1.22 bits per heavy atom. The highest BCUT2D eigenvalue weighted by Gasteiger charge is 2.58. The second-order valence-electron chi connectivity index (χ2n) is 12.6. The Morgan fingerprint density at radius 1 is 0.438 bits per heavy atom. The molecule has 32 heavy (non-hydrogen) atoms. The lowest BCUT2D eigenvalue weighted by molar-refractivity contribution is -0.145. The molecule has 3 atom stereocenters. The first-order chi connectivity index (χ1) is 15.1. The molecule has 1 aliphatic carbocycles. The van der Waals surface area contributed by atoms with E-state index in [0.717, 1.165) is 0 Å². The molecule has 0 saturated heterocycles. The first-order valence-corrected chi connectivity index (χ1v) is 15.1. The van der Waals surface area contributed by atoms with Crippen LogP contribution in [0.25, 0.3) is 0 Å². The molecule has 3 unspecified atom stereocenters. The molecule has 0 N–H and O–H groups in total. The topological polar surface area (TPSA) is 0 Å². The van der Waals surface area contributed by atoms with Gasteiger partial charge in [0.25, 0.3) is 0 Å². The molecule has 0 nitrogen and oxygen atoms in total. The number of hydrogen-bond donors (Lipinski definition) is 0. The van der Waals surface area contributed by atoms with Crippen molar-refractivity contribution >= 4 is 0 Å². The van der Waals surface area contributed by atoms with Crippen molar-refractivity contribution in [2.24, 2.45) is 21.7 Å². The van der Waals surface area contributed by atoms with Crippen LogP contribution in [0.15, 0.2) is 0 Å². The summed E-state index contributed by atoms with van der Waals surface area (Å²) in [6.45, 7) is 25.3. The number of unbranched alkanes of at least 4 members (excludes halogenated alkanes) is 5. The normalized spacial score (nSPS) is 19.7. The van der Waals surface area contributed by atoms with Gasteiger partial charge in [-0.25, -0.2) is 0 Å². The van der Waals surface area contributed by atoms with E-state index in [-0.39, 0.29) is 0 Å². The molecule has 1 rings (SSSR count). The summed E-state index contributed by atoms with van der Waals surface area (Å²) < 4.78 is 0. The van der Waals surface area contributed by atoms with E-state index in [4.69, 9.17) is 0 Å². The van der Waals surface area contributed by atoms with Crippen LogP contribution in [-0.4, -0.2) is 0 Å². The zero-order valence-corrected chi connectivity index (χ0v) is 24.7. The average Bonchev–Trinajstić information content (AvgIpc) is 2.72. The maximum atomic E-state index is 2.72. The monoisotopic (exact) mass is 451 g/mol. The third-order valence-corrected chi connectivity index (χ3v) is 10.4. The average molecular weight is 451 g/mol. The van der Waals surface area contributed by atoms with Crippen LogP contribution in [0.5, 0.6) is 0 Å². The fraction of sp³-hybridized carbons (Fsp3) is 1.00. The molecule has 0 heterocycles. The predicted molar refractivity (Wildman–Crippen MR) is 150 cm³/mol. The van der Waals surface area contributed by atoms with Crippen LogP contribution in [-0.2, 0) is 0 Å². The van der Waals surface area contributed by atoms with E-state index in [0.29, 0.717) is 21.7 Å². The molecule has 0 aromatic heterocycles. The van der Waals surface area contributed by atoms with Gasteiger partial charge in [0, 0.05) is 0 Å². The molecule has 0 aromatic carbocycles. The van der Waals surface area contributed by atoms with Gasteiger partial charge in [0.2, 0.25) is 0 Å². The minimum absolute atomic E-state index is 0.386. The van der Waals surface area contributed by atoms with Crippen molar-refractivity contribution in [1.82, 2.24) is 0 Å². The fourth-order valence-corrected chi connectivity index (χ4v) is 6.42. The van der Waals surface area contributed by atoms with E-state index < -0.39 is 0 Å². The van der Waals surface area contributed by atoms with Crippen LogP contribution in [0, 0.1) is 21.7 Å². The van der Waals surface area contributed by atoms with E-state index in [1.165, 1.54) is 116 Å². The van der Waals surface area contributed by atoms with Crippen molar-refractivity contribution in [2.75, 3.05) is 0 Å². The SMILES string of the molecule is C1CCC1.CCCCCC(C)(C)C(C)(CCCC)C(C)(CCCC)C(C)(CC)CCCC. The van der Waals surface area contributed by atoms with Gasteiger partial charge in [-0.2, -0.15) is 0 Å². The van der Waals surface area contributed by atoms with Crippen molar-refractivity contribution in [3.05, 3.63) is 0 Å². The second kappa shape index (κ2) is 15.8. The Bertz CT molecular complexity index is 441. The quantitative estimate of drug-likeness (QED) is 0.193. The fourth-order valence-electron chi connectivity index (χ4n) is 6.42. The zero-order chi connectivity index (χ0) is 24.7. The lowest BCUT2D eigenvalue weighted by Gasteiger charge is -2.63. The Balaban J connectivity index is 0.00000214. The van der Waals surface area contributed by atoms with Gasteiger partial charge in [0.05, 0.1) is 0 Å². The molecule has 0 bridgehead atoms. The molecule has 0 heteroatoms. The van der Waals surface area contributed by atoms with Gasteiger partial charge in [-0.05, 0) is 47.3 Å². The summed E-state index contributed by atoms with van der Waals surface area (Å²) >= 11 is 0. The van der Waals surface area contributed by atoms with Crippen LogP contribution < -0.4 is 0 Å². The third-order valence-electron chi connectivity index (χ3n) is 10.4. The van der Waals surface area contributed by atoms with E-state index in [1.807, 2.05) is 0 Å². The second-order valence-corrected chi connectivity index (χ2v) is 12.6. The smallest absolute Gasteiger partial charge is 0.0213 e. The molecule has 0 amide bonds. The maximum Gasteiger partial charge on any atom is -0.0213 e.